The van der Waals surface area contributed by atoms with Crippen LogP contribution in [0.2, 0.25) is 0 Å². The van der Waals surface area contributed by atoms with Crippen LogP contribution in [0.1, 0.15) is 49.7 Å². The maximum absolute atomic E-state index is 12.9. The Balaban J connectivity index is 1.31. The van der Waals surface area contributed by atoms with Crippen LogP contribution in [0.4, 0.5) is 5.82 Å². The maximum Gasteiger partial charge on any atom is 0.274 e. The van der Waals surface area contributed by atoms with Crippen LogP contribution in [0.3, 0.4) is 0 Å². The number of piperidine rings is 1. The van der Waals surface area contributed by atoms with E-state index in [9.17, 15) is 15.2 Å². The third kappa shape index (κ3) is 6.07. The molecular formula is C30H33N7O4. The van der Waals surface area contributed by atoms with Gasteiger partial charge in [0.25, 0.3) is 5.91 Å². The predicted molar refractivity (Wildman–Crippen MR) is 153 cm³/mol. The molecule has 5 heterocycles. The molecular weight excluding hydrogens is 522 g/mol. The molecule has 1 fully saturated rings. The summed E-state index contributed by atoms with van der Waals surface area (Å²) in [6.07, 6.45) is 8.05. The summed E-state index contributed by atoms with van der Waals surface area (Å²) in [6, 6.07) is 11.4. The molecule has 0 spiro atoms. The van der Waals surface area contributed by atoms with Crippen molar-refractivity contribution in [2.75, 3.05) is 31.7 Å². The summed E-state index contributed by atoms with van der Waals surface area (Å²) in [5.41, 5.74) is 1.55. The quantitative estimate of drug-likeness (QED) is 0.334. The first kappa shape index (κ1) is 27.9. The Morgan fingerprint density at radius 2 is 2.00 bits per heavy atom. The average Bonchev–Trinajstić information content (AvgIpc) is 3.39. The Hall–Kier alpha value is -4.69. The van der Waals surface area contributed by atoms with Gasteiger partial charge in [0.2, 0.25) is 0 Å². The molecule has 5 rings (SSSR count). The molecule has 0 atom stereocenters. The summed E-state index contributed by atoms with van der Waals surface area (Å²) in [6.45, 7) is 6.93. The summed E-state index contributed by atoms with van der Waals surface area (Å²) in [5.74, 6) is 1.54. The van der Waals surface area contributed by atoms with E-state index in [4.69, 9.17) is 14.5 Å². The molecule has 0 aromatic carbocycles. The van der Waals surface area contributed by atoms with Crippen LogP contribution in [-0.2, 0) is 0 Å². The maximum atomic E-state index is 12.9. The van der Waals surface area contributed by atoms with Gasteiger partial charge < -0.3 is 24.8 Å². The number of carbonyl (C=O) groups is 1. The predicted octanol–water partition coefficient (Wildman–Crippen LogP) is 3.61. The van der Waals surface area contributed by atoms with E-state index in [2.05, 4.69) is 26.4 Å². The highest BCUT2D eigenvalue weighted by atomic mass is 16.5. The molecule has 1 saturated heterocycles. The van der Waals surface area contributed by atoms with Crippen LogP contribution < -0.4 is 19.7 Å². The van der Waals surface area contributed by atoms with E-state index in [-0.39, 0.29) is 23.7 Å². The smallest absolute Gasteiger partial charge is 0.274 e. The summed E-state index contributed by atoms with van der Waals surface area (Å²) >= 11 is 0. The number of nitriles is 1. The van der Waals surface area contributed by atoms with Gasteiger partial charge in [-0.3, -0.25) is 4.79 Å². The topological polar surface area (TPSA) is 138 Å². The zero-order valence-electron chi connectivity index (χ0n) is 23.6. The molecule has 0 bridgehead atoms. The molecule has 0 saturated carbocycles. The molecule has 1 amide bonds. The molecule has 2 N–H and O–H groups in total. The van der Waals surface area contributed by atoms with Crippen molar-refractivity contribution >= 4 is 17.2 Å². The summed E-state index contributed by atoms with van der Waals surface area (Å²) in [4.78, 5) is 24.1. The number of fused-ring (bicyclic) bond motifs is 1. The van der Waals surface area contributed by atoms with E-state index < -0.39 is 5.60 Å². The van der Waals surface area contributed by atoms with E-state index in [1.165, 1.54) is 13.3 Å². The highest BCUT2D eigenvalue weighted by Crippen LogP contribution is 2.32. The molecule has 11 heteroatoms. The fourth-order valence-electron chi connectivity index (χ4n) is 4.88. The Kier molecular flexibility index (Phi) is 7.51. The molecule has 4 aromatic heterocycles. The third-order valence-electron chi connectivity index (χ3n) is 7.17. The zero-order valence-corrected chi connectivity index (χ0v) is 23.6. The highest BCUT2D eigenvalue weighted by Gasteiger charge is 2.33. The summed E-state index contributed by atoms with van der Waals surface area (Å²) < 4.78 is 12.7. The van der Waals surface area contributed by atoms with Gasteiger partial charge in [-0.1, -0.05) is 0 Å². The van der Waals surface area contributed by atoms with E-state index >= 15 is 0 Å². The van der Waals surface area contributed by atoms with Crippen molar-refractivity contribution in [2.45, 2.75) is 44.8 Å². The number of pyridine rings is 3. The largest absolute Gasteiger partial charge is 0.494 e. The van der Waals surface area contributed by atoms with Crippen molar-refractivity contribution in [2.24, 2.45) is 0 Å². The van der Waals surface area contributed by atoms with Gasteiger partial charge in [-0.15, -0.1) is 0 Å². The molecule has 41 heavy (non-hydrogen) atoms. The second kappa shape index (κ2) is 11.1. The average molecular weight is 556 g/mol. The van der Waals surface area contributed by atoms with Crippen molar-refractivity contribution in [1.29, 1.82) is 5.26 Å². The minimum absolute atomic E-state index is 0.102. The molecule has 1 aliphatic heterocycles. The first-order valence-corrected chi connectivity index (χ1v) is 13.4. The molecule has 0 aliphatic carbocycles. The van der Waals surface area contributed by atoms with Crippen LogP contribution in [-0.4, -0.2) is 68.5 Å². The van der Waals surface area contributed by atoms with Gasteiger partial charge in [-0.05, 0) is 63.9 Å². The Labute approximate surface area is 238 Å². The van der Waals surface area contributed by atoms with Gasteiger partial charge in [0.1, 0.15) is 30.0 Å². The van der Waals surface area contributed by atoms with E-state index in [1.807, 2.05) is 25.1 Å². The van der Waals surface area contributed by atoms with Crippen molar-refractivity contribution in [1.82, 2.24) is 24.9 Å². The molecule has 1 aliphatic rings. The van der Waals surface area contributed by atoms with E-state index in [1.54, 1.807) is 49.1 Å². The van der Waals surface area contributed by atoms with Gasteiger partial charge in [-0.2, -0.15) is 10.4 Å². The Bertz CT molecular complexity index is 1590. The number of anilines is 1. The minimum atomic E-state index is -1.00. The SMILES string of the molecule is COc1cccnc1C(=O)NC1(C)CCN(c2ccc(-c3cc(OCC(C)(C)O)cn4ncc(C#N)c34)cn2)CC1. The van der Waals surface area contributed by atoms with Gasteiger partial charge in [0, 0.05) is 42.1 Å². The third-order valence-corrected chi connectivity index (χ3v) is 7.17. The number of methoxy groups -OCH3 is 1. The number of amides is 1. The monoisotopic (exact) mass is 555 g/mol. The highest BCUT2D eigenvalue weighted by molar-refractivity contribution is 5.95. The standard InChI is InChI=1S/C30H33N7O4/c1-29(2,39)19-41-22-14-23(27-21(15-31)17-34-37(27)18-22)20-7-8-25(33-16-20)36-12-9-30(3,10-13-36)35-28(38)26-24(40-4)6-5-11-32-26/h5-8,11,14,16-18,39H,9-10,12-13,19H2,1-4H3,(H,35,38). The Morgan fingerprint density at radius 1 is 1.22 bits per heavy atom. The fraction of sp³-hybridized carbons (Fsp3) is 0.367. The lowest BCUT2D eigenvalue weighted by atomic mass is 9.89. The van der Waals surface area contributed by atoms with Crippen molar-refractivity contribution in [3.8, 4) is 28.7 Å². The van der Waals surface area contributed by atoms with Gasteiger partial charge in [0.05, 0.1) is 36.2 Å². The van der Waals surface area contributed by atoms with Gasteiger partial charge in [0.15, 0.2) is 5.69 Å². The number of hydrogen-bond acceptors (Lipinski definition) is 9. The summed E-state index contributed by atoms with van der Waals surface area (Å²) in [5, 5.41) is 27.2. The Morgan fingerprint density at radius 3 is 2.66 bits per heavy atom. The van der Waals surface area contributed by atoms with Crippen LogP contribution in [0.15, 0.2) is 55.1 Å². The number of aromatic nitrogens is 4. The van der Waals surface area contributed by atoms with Crippen molar-refractivity contribution in [3.05, 3.63) is 66.4 Å². The molecule has 4 aromatic rings. The zero-order chi connectivity index (χ0) is 29.2. The second-order valence-corrected chi connectivity index (χ2v) is 11.1. The number of aliphatic hydroxyl groups is 1. The normalized spacial score (nSPS) is 14.9. The number of carbonyl (C=O) groups excluding carboxylic acids is 1. The lowest BCUT2D eigenvalue weighted by Crippen LogP contribution is -2.53. The fourth-order valence-corrected chi connectivity index (χ4v) is 4.88. The van der Waals surface area contributed by atoms with E-state index in [0.717, 1.165) is 29.8 Å². The number of nitrogens with one attached hydrogen (secondary N) is 1. The van der Waals surface area contributed by atoms with E-state index in [0.29, 0.717) is 35.7 Å². The second-order valence-electron chi connectivity index (χ2n) is 11.1. The van der Waals surface area contributed by atoms with Crippen molar-refractivity contribution < 1.29 is 19.4 Å². The minimum Gasteiger partial charge on any atom is -0.494 e. The number of rotatable bonds is 8. The first-order chi connectivity index (χ1) is 19.6. The number of ether oxygens (including phenoxy) is 2. The number of hydrogen-bond donors (Lipinski definition) is 2. The molecule has 212 valence electrons. The van der Waals surface area contributed by atoms with Crippen LogP contribution in [0.25, 0.3) is 16.6 Å². The molecule has 11 nitrogen and oxygen atoms in total. The van der Waals surface area contributed by atoms with Crippen molar-refractivity contribution in [3.63, 3.8) is 0 Å². The van der Waals surface area contributed by atoms with Crippen LogP contribution >= 0.6 is 0 Å². The lowest BCUT2D eigenvalue weighted by molar-refractivity contribution is 0.0283. The lowest BCUT2D eigenvalue weighted by Gasteiger charge is -2.40. The first-order valence-electron chi connectivity index (χ1n) is 13.4. The van der Waals surface area contributed by atoms with Crippen LogP contribution in [0.5, 0.6) is 11.5 Å². The van der Waals surface area contributed by atoms with Gasteiger partial charge in [-0.25, -0.2) is 14.5 Å². The molecule has 0 unspecified atom stereocenters. The molecule has 0 radical (unpaired) electrons. The van der Waals surface area contributed by atoms with Crippen LogP contribution in [0, 0.1) is 11.3 Å². The van der Waals surface area contributed by atoms with Gasteiger partial charge >= 0.3 is 0 Å². The summed E-state index contributed by atoms with van der Waals surface area (Å²) in [7, 11) is 1.52. The number of nitrogens with zero attached hydrogens (tertiary/aromatic N) is 6.